The molecule has 134 valence electrons. The highest BCUT2D eigenvalue weighted by Gasteiger charge is 2.32. The molecule has 0 aliphatic carbocycles. The molecule has 8 nitrogen and oxygen atoms in total. The van der Waals surface area contributed by atoms with Gasteiger partial charge in [-0.25, -0.2) is 8.42 Å². The van der Waals surface area contributed by atoms with Crippen molar-refractivity contribution in [3.8, 4) is 6.07 Å². The lowest BCUT2D eigenvalue weighted by molar-refractivity contribution is -0.130. The van der Waals surface area contributed by atoms with E-state index < -0.39 is 9.84 Å². The zero-order valence-corrected chi connectivity index (χ0v) is 14.6. The Kier molecular flexibility index (Phi) is 6.60. The Balaban J connectivity index is 2.15. The summed E-state index contributed by atoms with van der Waals surface area (Å²) >= 11 is 0. The number of hydrogen-bond acceptors (Lipinski definition) is 7. The number of sulfone groups is 1. The number of nitrogens with zero attached hydrogens (tertiary/aromatic N) is 3. The molecule has 2 fully saturated rings. The van der Waals surface area contributed by atoms with Crippen LogP contribution in [0.5, 0.6) is 0 Å². The summed E-state index contributed by atoms with van der Waals surface area (Å²) in [7, 11) is -1.50. The second-order valence-corrected chi connectivity index (χ2v) is 8.08. The van der Waals surface area contributed by atoms with Gasteiger partial charge in [0.25, 0.3) is 5.91 Å². The molecule has 2 aliphatic rings. The average Bonchev–Trinajstić information content (AvgIpc) is 2.95. The van der Waals surface area contributed by atoms with Gasteiger partial charge in [0.2, 0.25) is 0 Å². The van der Waals surface area contributed by atoms with Gasteiger partial charge >= 0.3 is 0 Å². The number of ether oxygens (including phenoxy) is 2. The van der Waals surface area contributed by atoms with Crippen molar-refractivity contribution < 1.29 is 22.7 Å². The minimum Gasteiger partial charge on any atom is -0.383 e. The van der Waals surface area contributed by atoms with E-state index in [1.165, 1.54) is 6.20 Å². The molecule has 0 N–H and O–H groups in total. The summed E-state index contributed by atoms with van der Waals surface area (Å²) in [5, 5.41) is 9.37. The molecule has 0 saturated carbocycles. The maximum atomic E-state index is 12.5. The predicted octanol–water partition coefficient (Wildman–Crippen LogP) is -0.612. The normalized spacial score (nSPS) is 23.8. The standard InChI is InChI=1S/C15H23N3O5S/c1-22-6-3-18(14-2-9-24(20,21)12-14)11-13(10-16)15(19)17-4-7-23-8-5-17/h11,14H,2-9,12H2,1H3/b13-11-. The smallest absolute Gasteiger partial charge is 0.266 e. The van der Waals surface area contributed by atoms with Gasteiger partial charge in [-0.3, -0.25) is 4.79 Å². The molecule has 1 unspecified atom stereocenters. The SMILES string of the molecule is COCCN(/C=C(/C#N)C(=O)N1CCOCC1)C1CCS(=O)(=O)C1. The second kappa shape index (κ2) is 8.46. The highest BCUT2D eigenvalue weighted by Crippen LogP contribution is 2.19. The number of rotatable bonds is 6. The summed E-state index contributed by atoms with van der Waals surface area (Å²) in [5.74, 6) is -0.171. The first-order valence-electron chi connectivity index (χ1n) is 7.91. The third kappa shape index (κ3) is 4.93. The fourth-order valence-corrected chi connectivity index (χ4v) is 4.56. The Bertz CT molecular complexity index is 620. The Hall–Kier alpha value is -1.63. The first-order valence-corrected chi connectivity index (χ1v) is 9.73. The van der Waals surface area contributed by atoms with Crippen LogP contribution in [0.25, 0.3) is 0 Å². The van der Waals surface area contributed by atoms with Crippen LogP contribution < -0.4 is 0 Å². The van der Waals surface area contributed by atoms with Crippen molar-refractivity contribution in [3.05, 3.63) is 11.8 Å². The first kappa shape index (κ1) is 18.7. The summed E-state index contributed by atoms with van der Waals surface area (Å²) in [6, 6.07) is 1.72. The van der Waals surface area contributed by atoms with Crippen molar-refractivity contribution in [1.29, 1.82) is 5.26 Å². The zero-order chi connectivity index (χ0) is 17.6. The molecule has 2 saturated heterocycles. The lowest BCUT2D eigenvalue weighted by Gasteiger charge is -2.29. The van der Waals surface area contributed by atoms with Crippen molar-refractivity contribution in [2.45, 2.75) is 12.5 Å². The van der Waals surface area contributed by atoms with E-state index in [-0.39, 0.29) is 29.0 Å². The van der Waals surface area contributed by atoms with E-state index in [2.05, 4.69) is 0 Å². The van der Waals surface area contributed by atoms with E-state index >= 15 is 0 Å². The molecule has 2 rings (SSSR count). The fraction of sp³-hybridized carbons (Fsp3) is 0.733. The zero-order valence-electron chi connectivity index (χ0n) is 13.8. The maximum absolute atomic E-state index is 12.5. The molecule has 0 aromatic rings. The van der Waals surface area contributed by atoms with Crippen molar-refractivity contribution in [1.82, 2.24) is 9.80 Å². The number of morpholine rings is 1. The summed E-state index contributed by atoms with van der Waals surface area (Å²) in [6.45, 7) is 2.63. The fourth-order valence-electron chi connectivity index (χ4n) is 2.82. The van der Waals surface area contributed by atoms with Crippen LogP contribution in [-0.2, 0) is 24.1 Å². The van der Waals surface area contributed by atoms with Gasteiger partial charge in [0.1, 0.15) is 11.6 Å². The molecular formula is C15H23N3O5S. The van der Waals surface area contributed by atoms with Crippen LogP contribution in [0.15, 0.2) is 11.8 Å². The van der Waals surface area contributed by atoms with Crippen molar-refractivity contribution in [2.75, 3.05) is 58.1 Å². The van der Waals surface area contributed by atoms with Crippen LogP contribution in [0.4, 0.5) is 0 Å². The number of methoxy groups -OCH3 is 1. The molecule has 9 heteroatoms. The van der Waals surface area contributed by atoms with E-state index in [1.54, 1.807) is 16.9 Å². The molecule has 0 aromatic heterocycles. The van der Waals surface area contributed by atoms with E-state index in [0.29, 0.717) is 45.9 Å². The minimum absolute atomic E-state index is 0.0114. The van der Waals surface area contributed by atoms with Crippen molar-refractivity contribution in [3.63, 3.8) is 0 Å². The number of hydrogen-bond donors (Lipinski definition) is 0. The third-order valence-corrected chi connectivity index (χ3v) is 5.93. The summed E-state index contributed by atoms with van der Waals surface area (Å²) in [5.41, 5.74) is 0.0114. The molecule has 0 radical (unpaired) electrons. The van der Waals surface area contributed by atoms with E-state index in [4.69, 9.17) is 9.47 Å². The number of carbonyl (C=O) groups is 1. The van der Waals surface area contributed by atoms with Gasteiger partial charge in [0, 0.05) is 39.0 Å². The average molecular weight is 357 g/mol. The number of carbonyl (C=O) groups excluding carboxylic acids is 1. The molecule has 0 spiro atoms. The molecule has 2 aliphatic heterocycles. The minimum atomic E-state index is -3.06. The molecular weight excluding hydrogens is 334 g/mol. The van der Waals surface area contributed by atoms with Gasteiger partial charge in [-0.05, 0) is 6.42 Å². The van der Waals surface area contributed by atoms with Gasteiger partial charge in [-0.15, -0.1) is 0 Å². The largest absolute Gasteiger partial charge is 0.383 e. The quantitative estimate of drug-likeness (QED) is 0.462. The van der Waals surface area contributed by atoms with Gasteiger partial charge in [-0.2, -0.15) is 5.26 Å². The summed E-state index contributed by atoms with van der Waals surface area (Å²) < 4.78 is 33.7. The van der Waals surface area contributed by atoms with Gasteiger partial charge in [0.05, 0.1) is 31.3 Å². The molecule has 1 atom stereocenters. The van der Waals surface area contributed by atoms with E-state index in [0.717, 1.165) is 0 Å². The predicted molar refractivity (Wildman–Crippen MR) is 86.7 cm³/mol. The highest BCUT2D eigenvalue weighted by atomic mass is 32.2. The van der Waals surface area contributed by atoms with Crippen LogP contribution in [0.1, 0.15) is 6.42 Å². The van der Waals surface area contributed by atoms with Gasteiger partial charge < -0.3 is 19.3 Å². The third-order valence-electron chi connectivity index (χ3n) is 4.18. The maximum Gasteiger partial charge on any atom is 0.266 e. The molecule has 24 heavy (non-hydrogen) atoms. The van der Waals surface area contributed by atoms with Gasteiger partial charge in [0.15, 0.2) is 9.84 Å². The topological polar surface area (TPSA) is 99.9 Å². The Morgan fingerprint density at radius 1 is 1.46 bits per heavy atom. The summed E-state index contributed by atoms with van der Waals surface area (Å²) in [4.78, 5) is 15.8. The van der Waals surface area contributed by atoms with Crippen LogP contribution in [0, 0.1) is 11.3 Å². The molecule has 0 aromatic carbocycles. The van der Waals surface area contributed by atoms with Crippen LogP contribution in [0.2, 0.25) is 0 Å². The molecule has 2 heterocycles. The van der Waals surface area contributed by atoms with Gasteiger partial charge in [-0.1, -0.05) is 0 Å². The lowest BCUT2D eigenvalue weighted by Crippen LogP contribution is -2.42. The van der Waals surface area contributed by atoms with Crippen LogP contribution >= 0.6 is 0 Å². The second-order valence-electron chi connectivity index (χ2n) is 5.85. The number of nitriles is 1. The van der Waals surface area contributed by atoms with Crippen molar-refractivity contribution in [2.24, 2.45) is 0 Å². The lowest BCUT2D eigenvalue weighted by atomic mass is 10.2. The van der Waals surface area contributed by atoms with Crippen LogP contribution in [-0.4, -0.2) is 88.2 Å². The Labute approximate surface area is 142 Å². The van der Waals surface area contributed by atoms with Crippen LogP contribution in [0.3, 0.4) is 0 Å². The van der Waals surface area contributed by atoms with Crippen molar-refractivity contribution >= 4 is 15.7 Å². The first-order chi connectivity index (χ1) is 11.5. The molecule has 1 amide bonds. The Morgan fingerprint density at radius 3 is 2.71 bits per heavy atom. The monoisotopic (exact) mass is 357 g/mol. The summed E-state index contributed by atoms with van der Waals surface area (Å²) in [6.07, 6.45) is 1.98. The Morgan fingerprint density at radius 2 is 2.17 bits per heavy atom. The number of amides is 1. The highest BCUT2D eigenvalue weighted by molar-refractivity contribution is 7.91. The molecule has 0 bridgehead atoms. The van der Waals surface area contributed by atoms with E-state index in [1.807, 2.05) is 6.07 Å². The van der Waals surface area contributed by atoms with E-state index in [9.17, 15) is 18.5 Å².